The molecule has 0 saturated carbocycles. The second-order valence-corrected chi connectivity index (χ2v) is 5.40. The molecule has 1 aromatic heterocycles. The molecule has 0 atom stereocenters. The van der Waals surface area contributed by atoms with Crippen molar-refractivity contribution < 1.29 is 9.53 Å². The molecule has 0 saturated heterocycles. The molecule has 2 rings (SSSR count). The van der Waals surface area contributed by atoms with Crippen molar-refractivity contribution in [3.8, 4) is 0 Å². The molecule has 0 unspecified atom stereocenters. The number of aromatic nitrogens is 1. The first-order chi connectivity index (χ1) is 10.2. The molecule has 0 aliphatic rings. The number of esters is 1. The molecule has 1 aromatic carbocycles. The second kappa shape index (κ2) is 7.59. The quantitative estimate of drug-likeness (QED) is 0.465. The predicted octanol–water partition coefficient (Wildman–Crippen LogP) is 3.69. The molecule has 5 heteroatoms. The lowest BCUT2D eigenvalue weighted by atomic mass is 10.3. The molecule has 110 valence electrons. The number of aromatic amines is 1. The summed E-state index contributed by atoms with van der Waals surface area (Å²) >= 11 is 1.73. The maximum Gasteiger partial charge on any atom is 0.354 e. The van der Waals surface area contributed by atoms with E-state index in [9.17, 15) is 4.79 Å². The van der Waals surface area contributed by atoms with Crippen molar-refractivity contribution in [2.45, 2.75) is 11.4 Å². The van der Waals surface area contributed by atoms with E-state index in [1.807, 2.05) is 30.3 Å². The molecule has 1 heterocycles. The predicted molar refractivity (Wildman–Crippen MR) is 86.8 cm³/mol. The van der Waals surface area contributed by atoms with Crippen LogP contribution in [0.3, 0.4) is 0 Å². The number of benzene rings is 1. The van der Waals surface area contributed by atoms with E-state index in [4.69, 9.17) is 0 Å². The Hall–Kier alpha value is -2.14. The molecule has 0 aliphatic heterocycles. The highest BCUT2D eigenvalue weighted by Crippen LogP contribution is 2.27. The largest absolute Gasteiger partial charge is 0.464 e. The van der Waals surface area contributed by atoms with Crippen molar-refractivity contribution in [3.63, 3.8) is 0 Å². The van der Waals surface area contributed by atoms with Crippen LogP contribution in [0.15, 0.2) is 53.9 Å². The highest BCUT2D eigenvalue weighted by atomic mass is 32.2. The molecule has 4 nitrogen and oxygen atoms in total. The Morgan fingerprint density at radius 1 is 1.38 bits per heavy atom. The number of methoxy groups -OCH3 is 1. The van der Waals surface area contributed by atoms with Gasteiger partial charge in [0.25, 0.3) is 0 Å². The van der Waals surface area contributed by atoms with Gasteiger partial charge in [-0.15, -0.1) is 18.3 Å². The fourth-order valence-corrected chi connectivity index (χ4v) is 2.62. The zero-order valence-electron chi connectivity index (χ0n) is 11.9. The van der Waals surface area contributed by atoms with E-state index in [2.05, 4.69) is 27.7 Å². The van der Waals surface area contributed by atoms with Crippen molar-refractivity contribution in [2.75, 3.05) is 18.2 Å². The number of anilines is 1. The topological polar surface area (TPSA) is 54.1 Å². The number of para-hydroxylation sites is 1. The van der Waals surface area contributed by atoms with Gasteiger partial charge in [-0.05, 0) is 24.3 Å². The van der Waals surface area contributed by atoms with Gasteiger partial charge in [0.15, 0.2) is 0 Å². The molecule has 0 radical (unpaired) electrons. The summed E-state index contributed by atoms with van der Waals surface area (Å²) < 4.78 is 4.67. The zero-order chi connectivity index (χ0) is 15.1. The minimum absolute atomic E-state index is 0.358. The number of hydrogen-bond donors (Lipinski definition) is 2. The molecule has 2 N–H and O–H groups in total. The van der Waals surface area contributed by atoms with Crippen molar-refractivity contribution >= 4 is 23.4 Å². The number of carbonyl (C=O) groups is 1. The first-order valence-corrected chi connectivity index (χ1v) is 7.56. The van der Waals surface area contributed by atoms with Crippen LogP contribution in [-0.2, 0) is 11.3 Å². The molecule has 0 amide bonds. The van der Waals surface area contributed by atoms with Crippen LogP contribution in [0.5, 0.6) is 0 Å². The number of ether oxygens (including phenoxy) is 1. The average Bonchev–Trinajstić information content (AvgIpc) is 3.00. The fourth-order valence-electron chi connectivity index (χ4n) is 1.85. The van der Waals surface area contributed by atoms with Crippen LogP contribution in [0.25, 0.3) is 0 Å². The van der Waals surface area contributed by atoms with Gasteiger partial charge >= 0.3 is 5.97 Å². The first kappa shape index (κ1) is 15.3. The van der Waals surface area contributed by atoms with Crippen molar-refractivity contribution in [1.29, 1.82) is 0 Å². The highest BCUT2D eigenvalue weighted by Gasteiger charge is 2.08. The van der Waals surface area contributed by atoms with E-state index in [0.717, 1.165) is 17.1 Å². The summed E-state index contributed by atoms with van der Waals surface area (Å²) in [6.07, 6.45) is 1.88. The third-order valence-corrected chi connectivity index (χ3v) is 3.93. The smallest absolute Gasteiger partial charge is 0.354 e. The SMILES string of the molecule is C=CCSc1ccccc1NCc1ccc(C(=O)OC)[nH]1. The highest BCUT2D eigenvalue weighted by molar-refractivity contribution is 7.99. The van der Waals surface area contributed by atoms with Gasteiger partial charge in [-0.3, -0.25) is 0 Å². The third kappa shape index (κ3) is 4.16. The van der Waals surface area contributed by atoms with Gasteiger partial charge in [-0.2, -0.15) is 0 Å². The van der Waals surface area contributed by atoms with Crippen LogP contribution in [-0.4, -0.2) is 23.8 Å². The second-order valence-electron chi connectivity index (χ2n) is 4.34. The summed E-state index contributed by atoms with van der Waals surface area (Å²) in [5, 5.41) is 3.37. The van der Waals surface area contributed by atoms with Crippen molar-refractivity contribution in [2.24, 2.45) is 0 Å². The summed E-state index contributed by atoms with van der Waals surface area (Å²) in [6.45, 7) is 4.35. The van der Waals surface area contributed by atoms with Gasteiger partial charge < -0.3 is 15.0 Å². The van der Waals surface area contributed by atoms with Gasteiger partial charge in [0, 0.05) is 22.0 Å². The Morgan fingerprint density at radius 2 is 2.19 bits per heavy atom. The maximum absolute atomic E-state index is 11.4. The normalized spacial score (nSPS) is 10.1. The lowest BCUT2D eigenvalue weighted by Crippen LogP contribution is -2.04. The third-order valence-electron chi connectivity index (χ3n) is 2.86. The summed E-state index contributed by atoms with van der Waals surface area (Å²) in [5.41, 5.74) is 2.46. The molecular formula is C16H18N2O2S. The fraction of sp³-hybridized carbons (Fsp3) is 0.188. The Labute approximate surface area is 128 Å². The molecule has 2 aromatic rings. The van der Waals surface area contributed by atoms with Crippen LogP contribution in [0.1, 0.15) is 16.2 Å². The summed E-state index contributed by atoms with van der Waals surface area (Å²) in [4.78, 5) is 15.6. The minimum atomic E-state index is -0.358. The van der Waals surface area contributed by atoms with E-state index < -0.39 is 0 Å². The van der Waals surface area contributed by atoms with E-state index >= 15 is 0 Å². The van der Waals surface area contributed by atoms with Crippen molar-refractivity contribution in [1.82, 2.24) is 4.98 Å². The summed E-state index contributed by atoms with van der Waals surface area (Å²) in [5.74, 6) is 0.511. The number of thioether (sulfide) groups is 1. The van der Waals surface area contributed by atoms with E-state index in [-0.39, 0.29) is 5.97 Å². The lowest BCUT2D eigenvalue weighted by molar-refractivity contribution is 0.0594. The summed E-state index contributed by atoms with van der Waals surface area (Å²) in [6, 6.07) is 11.7. The van der Waals surface area contributed by atoms with E-state index in [1.54, 1.807) is 17.8 Å². The molecular weight excluding hydrogens is 284 g/mol. The van der Waals surface area contributed by atoms with E-state index in [0.29, 0.717) is 12.2 Å². The molecule has 21 heavy (non-hydrogen) atoms. The van der Waals surface area contributed by atoms with Gasteiger partial charge in [0.05, 0.1) is 13.7 Å². The monoisotopic (exact) mass is 302 g/mol. The Morgan fingerprint density at radius 3 is 2.95 bits per heavy atom. The van der Waals surface area contributed by atoms with Crippen LogP contribution in [0.2, 0.25) is 0 Å². The molecule has 0 spiro atoms. The van der Waals surface area contributed by atoms with Crippen LogP contribution >= 0.6 is 11.8 Å². The molecule has 0 fully saturated rings. The van der Waals surface area contributed by atoms with Gasteiger partial charge in [-0.25, -0.2) is 4.79 Å². The Balaban J connectivity index is 2.01. The molecule has 0 aliphatic carbocycles. The first-order valence-electron chi connectivity index (χ1n) is 6.57. The lowest BCUT2D eigenvalue weighted by Gasteiger charge is -2.10. The van der Waals surface area contributed by atoms with Gasteiger partial charge in [0.1, 0.15) is 5.69 Å². The van der Waals surface area contributed by atoms with Gasteiger partial charge in [0.2, 0.25) is 0 Å². The number of rotatable bonds is 7. The number of hydrogen-bond acceptors (Lipinski definition) is 4. The summed E-state index contributed by atoms with van der Waals surface area (Å²) in [7, 11) is 1.37. The van der Waals surface area contributed by atoms with Crippen LogP contribution < -0.4 is 5.32 Å². The number of nitrogens with one attached hydrogen (secondary N) is 2. The average molecular weight is 302 g/mol. The minimum Gasteiger partial charge on any atom is -0.464 e. The Kier molecular flexibility index (Phi) is 5.51. The van der Waals surface area contributed by atoms with Crippen LogP contribution in [0.4, 0.5) is 5.69 Å². The maximum atomic E-state index is 11.4. The number of H-pyrrole nitrogens is 1. The van der Waals surface area contributed by atoms with Crippen LogP contribution in [0, 0.1) is 0 Å². The Bertz CT molecular complexity index is 622. The zero-order valence-corrected chi connectivity index (χ0v) is 12.7. The van der Waals surface area contributed by atoms with E-state index in [1.165, 1.54) is 12.0 Å². The van der Waals surface area contributed by atoms with Crippen molar-refractivity contribution in [3.05, 3.63) is 60.4 Å². The molecule has 0 bridgehead atoms. The van der Waals surface area contributed by atoms with Gasteiger partial charge in [-0.1, -0.05) is 18.2 Å². The standard InChI is InChI=1S/C16H18N2O2S/c1-3-10-21-15-7-5-4-6-13(15)17-11-12-8-9-14(18-12)16(19)20-2/h3-9,17-18H,1,10-11H2,2H3. The number of carbonyl (C=O) groups excluding carboxylic acids is 1.